The molecule has 0 radical (unpaired) electrons. The average molecular weight is 378 g/mol. The predicted octanol–water partition coefficient (Wildman–Crippen LogP) is 5.49. The number of benzene rings is 2. The van der Waals surface area contributed by atoms with Crippen LogP contribution in [0.2, 0.25) is 0 Å². The molecule has 0 aliphatic carbocycles. The molecule has 1 N–H and O–H groups in total. The van der Waals surface area contributed by atoms with E-state index in [-0.39, 0.29) is 12.2 Å². The van der Waals surface area contributed by atoms with Crippen LogP contribution in [0.4, 0.5) is 11.4 Å². The molecule has 0 saturated carbocycles. The number of ether oxygens (including phenoxy) is 1. The van der Waals surface area contributed by atoms with Gasteiger partial charge in [0.05, 0.1) is 30.7 Å². The molecule has 0 heterocycles. The van der Waals surface area contributed by atoms with Crippen molar-refractivity contribution in [1.29, 1.82) is 0 Å². The molecule has 2 rings (SSSR count). The summed E-state index contributed by atoms with van der Waals surface area (Å²) >= 11 is 0. The van der Waals surface area contributed by atoms with Gasteiger partial charge < -0.3 is 4.74 Å². The molecule has 142 valence electrons. The van der Waals surface area contributed by atoms with Crippen LogP contribution in [-0.4, -0.2) is 19.3 Å². The molecule has 7 heteroatoms. The van der Waals surface area contributed by atoms with E-state index in [2.05, 4.69) is 5.43 Å². The van der Waals surface area contributed by atoms with Crippen molar-refractivity contribution in [3.63, 3.8) is 0 Å². The van der Waals surface area contributed by atoms with Gasteiger partial charge in [0, 0.05) is 0 Å². The van der Waals surface area contributed by atoms with E-state index in [1.807, 2.05) is 58.0 Å². The fourth-order valence-electron chi connectivity index (χ4n) is 2.28. The molecular weight excluding hydrogens is 351 g/mol. The maximum Gasteiger partial charge on any atom is 0.454 e. The second-order valence-corrected chi connectivity index (χ2v) is 8.02. The van der Waals surface area contributed by atoms with Crippen molar-refractivity contribution in [3.8, 4) is 5.75 Å². The van der Waals surface area contributed by atoms with Gasteiger partial charge in [-0.25, -0.2) is 4.57 Å². The van der Waals surface area contributed by atoms with Crippen molar-refractivity contribution < 1.29 is 18.3 Å². The maximum atomic E-state index is 13.7. The minimum Gasteiger partial charge on any atom is -0.497 e. The van der Waals surface area contributed by atoms with Gasteiger partial charge in [-0.1, -0.05) is 18.2 Å². The van der Waals surface area contributed by atoms with E-state index in [0.717, 1.165) is 5.69 Å². The summed E-state index contributed by atoms with van der Waals surface area (Å²) in [6.45, 7) is 7.30. The summed E-state index contributed by atoms with van der Waals surface area (Å²) in [6, 6.07) is 16.7. The molecule has 0 fully saturated rings. The molecule has 0 amide bonds. The number of anilines is 2. The van der Waals surface area contributed by atoms with Crippen molar-refractivity contribution in [2.24, 2.45) is 0 Å². The number of rotatable bonds is 9. The number of hydrogen-bond donors (Lipinski definition) is 1. The molecular formula is C19H27N2O4P. The van der Waals surface area contributed by atoms with E-state index in [1.54, 1.807) is 31.4 Å². The molecule has 0 spiro atoms. The van der Waals surface area contributed by atoms with Gasteiger partial charge in [-0.15, -0.1) is 0 Å². The second kappa shape index (κ2) is 9.08. The fourth-order valence-corrected chi connectivity index (χ4v) is 4.24. The zero-order valence-electron chi connectivity index (χ0n) is 15.9. The van der Waals surface area contributed by atoms with Crippen LogP contribution in [0, 0.1) is 0 Å². The van der Waals surface area contributed by atoms with E-state index in [1.165, 1.54) is 4.78 Å². The molecule has 2 aromatic carbocycles. The summed E-state index contributed by atoms with van der Waals surface area (Å²) in [5.41, 5.74) is 4.57. The van der Waals surface area contributed by atoms with E-state index < -0.39 is 7.75 Å². The van der Waals surface area contributed by atoms with Crippen molar-refractivity contribution >= 4 is 19.1 Å². The lowest BCUT2D eigenvalue weighted by Crippen LogP contribution is -2.31. The summed E-state index contributed by atoms with van der Waals surface area (Å²) in [5.74, 6) is 0.706. The second-order valence-electron chi connectivity index (χ2n) is 6.26. The highest BCUT2D eigenvalue weighted by atomic mass is 31.2. The average Bonchev–Trinajstić information content (AvgIpc) is 2.59. The first kappa shape index (κ1) is 20.3. The maximum absolute atomic E-state index is 13.7. The first-order valence-electron chi connectivity index (χ1n) is 8.57. The van der Waals surface area contributed by atoms with Crippen LogP contribution in [0.15, 0.2) is 54.6 Å². The topological polar surface area (TPSA) is 60.0 Å². The number of hydrogen-bond acceptors (Lipinski definition) is 5. The fraction of sp³-hybridized carbons (Fsp3) is 0.368. The van der Waals surface area contributed by atoms with Crippen LogP contribution in [0.25, 0.3) is 0 Å². The third kappa shape index (κ3) is 5.49. The van der Waals surface area contributed by atoms with E-state index in [4.69, 9.17) is 13.8 Å². The van der Waals surface area contributed by atoms with Crippen molar-refractivity contribution in [1.82, 2.24) is 0 Å². The molecule has 0 aliphatic heterocycles. The Hall–Kier alpha value is -2.01. The molecule has 0 aromatic heterocycles. The van der Waals surface area contributed by atoms with Crippen LogP contribution in [-0.2, 0) is 13.6 Å². The normalized spacial score (nSPS) is 11.7. The van der Waals surface area contributed by atoms with Crippen LogP contribution >= 0.6 is 7.75 Å². The van der Waals surface area contributed by atoms with E-state index in [9.17, 15) is 4.57 Å². The summed E-state index contributed by atoms with van der Waals surface area (Å²) < 4.78 is 31.9. The summed E-state index contributed by atoms with van der Waals surface area (Å²) in [6.07, 6.45) is -0.559. The van der Waals surface area contributed by atoms with E-state index in [0.29, 0.717) is 11.4 Å². The summed E-state index contributed by atoms with van der Waals surface area (Å²) in [4.78, 5) is 0. The van der Waals surface area contributed by atoms with Crippen LogP contribution < -0.4 is 14.9 Å². The molecule has 0 atom stereocenters. The number of nitrogens with zero attached hydrogens (tertiary/aromatic N) is 1. The Morgan fingerprint density at radius 3 is 1.88 bits per heavy atom. The quantitative estimate of drug-likeness (QED) is 0.460. The minimum absolute atomic E-state index is 0.280. The Morgan fingerprint density at radius 2 is 1.42 bits per heavy atom. The Labute approximate surface area is 155 Å². The first-order valence-corrected chi connectivity index (χ1v) is 10.1. The van der Waals surface area contributed by atoms with Crippen molar-refractivity contribution in [2.75, 3.05) is 17.3 Å². The van der Waals surface area contributed by atoms with Crippen molar-refractivity contribution in [2.45, 2.75) is 39.9 Å². The first-order chi connectivity index (χ1) is 12.3. The highest BCUT2D eigenvalue weighted by molar-refractivity contribution is 7.55. The molecule has 2 aromatic rings. The van der Waals surface area contributed by atoms with Gasteiger partial charge in [-0.05, 0) is 64.1 Å². The number of nitrogens with one attached hydrogen (secondary N) is 1. The summed E-state index contributed by atoms with van der Waals surface area (Å²) in [5, 5.41) is 0. The lowest BCUT2D eigenvalue weighted by Gasteiger charge is -2.34. The van der Waals surface area contributed by atoms with Gasteiger partial charge in [-0.2, -0.15) is 4.78 Å². The predicted molar refractivity (Wildman–Crippen MR) is 106 cm³/mol. The molecule has 0 saturated heterocycles. The Kier molecular flexibility index (Phi) is 7.09. The zero-order valence-corrected chi connectivity index (χ0v) is 16.8. The smallest absolute Gasteiger partial charge is 0.454 e. The van der Waals surface area contributed by atoms with Gasteiger partial charge >= 0.3 is 7.75 Å². The largest absolute Gasteiger partial charge is 0.497 e. The molecule has 0 bridgehead atoms. The summed E-state index contributed by atoms with van der Waals surface area (Å²) in [7, 11) is -2.07. The lowest BCUT2D eigenvalue weighted by molar-refractivity contribution is 0.141. The third-order valence-corrected chi connectivity index (χ3v) is 5.46. The minimum atomic E-state index is -3.67. The van der Waals surface area contributed by atoms with Crippen molar-refractivity contribution in [3.05, 3.63) is 54.6 Å². The van der Waals surface area contributed by atoms with Gasteiger partial charge in [0.2, 0.25) is 0 Å². The highest BCUT2D eigenvalue weighted by Crippen LogP contribution is 2.55. The molecule has 6 nitrogen and oxygen atoms in total. The monoisotopic (exact) mass is 378 g/mol. The van der Waals surface area contributed by atoms with Gasteiger partial charge in [-0.3, -0.25) is 14.5 Å². The standard InChI is InChI=1S/C19H27N2O4P/c1-15(2)24-26(22,25-16(3)4)21(20-17-9-7-6-8-10-17)18-11-13-19(23-5)14-12-18/h6-16,20H,1-5H3. The SMILES string of the molecule is COc1ccc(N(Nc2ccccc2)P(=O)(OC(C)C)OC(C)C)cc1. The Balaban J connectivity index is 2.46. The number of para-hydroxylation sites is 1. The highest BCUT2D eigenvalue weighted by Gasteiger charge is 2.37. The Morgan fingerprint density at radius 1 is 0.885 bits per heavy atom. The molecule has 0 aliphatic rings. The van der Waals surface area contributed by atoms with Crippen LogP contribution in [0.5, 0.6) is 5.75 Å². The van der Waals surface area contributed by atoms with Gasteiger partial charge in [0.1, 0.15) is 5.75 Å². The lowest BCUT2D eigenvalue weighted by atomic mass is 10.3. The molecule has 0 unspecified atom stereocenters. The van der Waals surface area contributed by atoms with Gasteiger partial charge in [0.25, 0.3) is 0 Å². The number of methoxy groups -OCH3 is 1. The molecule has 26 heavy (non-hydrogen) atoms. The third-order valence-electron chi connectivity index (χ3n) is 3.26. The number of hydrazine groups is 1. The van der Waals surface area contributed by atoms with E-state index >= 15 is 0 Å². The van der Waals surface area contributed by atoms with Gasteiger partial charge in [0.15, 0.2) is 0 Å². The van der Waals surface area contributed by atoms with Crippen LogP contribution in [0.1, 0.15) is 27.7 Å². The zero-order chi connectivity index (χ0) is 19.2. The Bertz CT molecular complexity index is 706. The van der Waals surface area contributed by atoms with Crippen LogP contribution in [0.3, 0.4) is 0 Å².